The number of hydrogen-bond acceptors (Lipinski definition) is 16. The Kier molecular flexibility index (Phi) is 28.1. The van der Waals surface area contributed by atoms with Gasteiger partial charge in [0.1, 0.15) is 29.0 Å². The number of alkyl carbamates (subject to hydrolysis) is 1. The summed E-state index contributed by atoms with van der Waals surface area (Å²) in [6.07, 6.45) is 15.3. The van der Waals surface area contributed by atoms with Crippen LogP contribution < -0.4 is 11.1 Å². The summed E-state index contributed by atoms with van der Waals surface area (Å²) in [4.78, 5) is 69.0. The maximum absolute atomic E-state index is 12.7. The monoisotopic (exact) mass is 1560 g/mol. The second-order valence-electron chi connectivity index (χ2n) is 33.9. The second kappa shape index (κ2) is 36.9. The molecule has 4 fully saturated rings. The summed E-state index contributed by atoms with van der Waals surface area (Å²) in [5.41, 5.74) is 14.1. The van der Waals surface area contributed by atoms with Crippen molar-refractivity contribution in [2.24, 2.45) is 26.9 Å². The van der Waals surface area contributed by atoms with Crippen molar-refractivity contribution < 1.29 is 47.7 Å². The van der Waals surface area contributed by atoms with Gasteiger partial charge in [-0.05, 0) is 197 Å². The van der Waals surface area contributed by atoms with Gasteiger partial charge >= 0.3 is 30.5 Å². The molecule has 0 aliphatic carbocycles. The van der Waals surface area contributed by atoms with Gasteiger partial charge in [0.15, 0.2) is 0 Å². The smallest absolute Gasteiger partial charge is 0.410 e. The number of ether oxygens (including phenoxy) is 5. The summed E-state index contributed by atoms with van der Waals surface area (Å²) in [5, 5.41) is 36.1. The van der Waals surface area contributed by atoms with Gasteiger partial charge in [-0.1, -0.05) is 121 Å². The van der Waals surface area contributed by atoms with Gasteiger partial charge in [-0.3, -0.25) is 14.0 Å². The number of aryl methyl sites for hydroxylation is 3. The van der Waals surface area contributed by atoms with Crippen molar-refractivity contribution in [3.05, 3.63) is 197 Å². The van der Waals surface area contributed by atoms with E-state index in [0.29, 0.717) is 109 Å². The van der Waals surface area contributed by atoms with Crippen LogP contribution in [0, 0.1) is 22.7 Å². The Hall–Kier alpha value is -10.7. The molecule has 5 amide bonds. The topological polar surface area (TPSA) is 284 Å². The molecule has 113 heavy (non-hydrogen) atoms. The maximum atomic E-state index is 12.7. The minimum atomic E-state index is -0.587. The van der Waals surface area contributed by atoms with E-state index in [1.165, 1.54) is 5.56 Å². The van der Waals surface area contributed by atoms with Crippen LogP contribution in [0.3, 0.4) is 0 Å². The van der Waals surface area contributed by atoms with Crippen molar-refractivity contribution in [2.45, 2.75) is 185 Å². The van der Waals surface area contributed by atoms with E-state index in [1.807, 2.05) is 214 Å². The molecule has 0 saturated carbocycles. The third-order valence-electron chi connectivity index (χ3n) is 20.7. The highest BCUT2D eigenvalue weighted by molar-refractivity contribution is 6.30. The minimum absolute atomic E-state index is 0.114. The third-order valence-corrected chi connectivity index (χ3v) is 21.0. The van der Waals surface area contributed by atoms with Gasteiger partial charge in [0.25, 0.3) is 0 Å². The number of carbonyl (C=O) groups excluding carboxylic acids is 5. The number of amides is 5. The van der Waals surface area contributed by atoms with Gasteiger partial charge in [0.05, 0.1) is 41.6 Å². The van der Waals surface area contributed by atoms with Crippen LogP contribution in [0.2, 0.25) is 5.02 Å². The molecule has 0 radical (unpaired) electrons. The van der Waals surface area contributed by atoms with Gasteiger partial charge in [-0.15, -0.1) is 0 Å². The Labute approximate surface area is 671 Å². The molecule has 25 heteroatoms. The summed E-state index contributed by atoms with van der Waals surface area (Å²) in [5.74, 6) is 0. The molecule has 4 saturated heterocycles. The molecule has 12 rings (SSSR count). The molecule has 0 spiro atoms. The first-order valence-electron chi connectivity index (χ1n) is 38.8. The van der Waals surface area contributed by atoms with Crippen molar-refractivity contribution in [3.63, 3.8) is 0 Å². The summed E-state index contributed by atoms with van der Waals surface area (Å²) in [6.45, 7) is 28.0. The van der Waals surface area contributed by atoms with Crippen molar-refractivity contribution in [1.82, 2.24) is 54.3 Å². The highest BCUT2D eigenvalue weighted by Crippen LogP contribution is 2.42. The number of nitrogens with two attached hydrogens (primary N) is 1. The fourth-order valence-corrected chi connectivity index (χ4v) is 14.5. The molecule has 8 aromatic rings. The fourth-order valence-electron chi connectivity index (χ4n) is 14.4. The van der Waals surface area contributed by atoms with E-state index in [9.17, 15) is 34.5 Å². The number of benzene rings is 5. The molecule has 602 valence electrons. The molecule has 3 aromatic heterocycles. The third kappa shape index (κ3) is 23.9. The van der Waals surface area contributed by atoms with Crippen LogP contribution in [-0.2, 0) is 73.1 Å². The van der Waals surface area contributed by atoms with Gasteiger partial charge in [0.2, 0.25) is 0 Å². The number of nitrogens with one attached hydrogen (secondary N) is 1. The van der Waals surface area contributed by atoms with E-state index in [4.69, 9.17) is 41.0 Å². The lowest BCUT2D eigenvalue weighted by atomic mass is 9.72. The molecular weight excluding hydrogens is 1450 g/mol. The standard InChI is InChI=1S/C29H36N4O4.C21H30N4O2.C21H26N4O2.C17H21ClN2O2/c1-28(2,3)37-27(35)33-15-13-29(14-16-33,21-30-26(34)36-20-22-9-6-5-7-10-22)25-12-8-11-23(17-25)24-18-31-32(4)19-24;2*1-20(2,3)27-19(26)25-10-8-21(15-22,9-11-25)18-7-5-6-16(12-18)17-13-23-24(4)14-17;1-16(2,3)22-15(21)20-9-7-17(12-19,8-10-20)13-5-4-6-14(18)11-13/h5-12,17-19H,13-16,20-21H2,1-4H3,(H,30,34);5-7,12-14H,8-11,15,22H2,1-4H3;5-7,12-14H,8-11H2,1-4H3;4-6,11H,7-10H2,1-3H3. The molecule has 5 aromatic carbocycles. The SMILES string of the molecule is CC(C)(C)OC(=O)N1CCC(C#N)(c2cccc(Cl)c2)CC1.Cn1cc(-c2cccc(C3(C#N)CCN(C(=O)OC(C)(C)C)CC3)c2)cn1.Cn1cc(-c2cccc(C3(CN)CCN(C(=O)OC(C)(C)C)CC3)c2)cn1.Cn1cc(-c2cccc(C3(CNC(=O)OCc4ccccc4)CCN(C(=O)OC(C)(C)C)CC3)c2)cn1. The summed E-state index contributed by atoms with van der Waals surface area (Å²) in [6, 6.07) is 47.0. The fraction of sp³-hybridized carbons (Fsp3) is 0.477. The number of nitrogens with zero attached hydrogens (tertiary/aromatic N) is 12. The van der Waals surface area contributed by atoms with Gasteiger partial charge in [0, 0.05) is 138 Å². The Bertz CT molecular complexity index is 4610. The zero-order valence-corrected chi connectivity index (χ0v) is 69.2. The summed E-state index contributed by atoms with van der Waals surface area (Å²) >= 11 is 6.04. The van der Waals surface area contributed by atoms with Crippen LogP contribution in [0.5, 0.6) is 0 Å². The number of likely N-dealkylation sites (tertiary alicyclic amines) is 4. The van der Waals surface area contributed by atoms with E-state index in [0.717, 1.165) is 68.5 Å². The van der Waals surface area contributed by atoms with Crippen molar-refractivity contribution >= 4 is 42.1 Å². The lowest BCUT2D eigenvalue weighted by Crippen LogP contribution is -2.51. The van der Waals surface area contributed by atoms with Crippen molar-refractivity contribution in [1.29, 1.82) is 10.5 Å². The number of nitriles is 2. The average molecular weight is 1560 g/mol. The molecule has 3 N–H and O–H groups in total. The number of hydrogen-bond donors (Lipinski definition) is 2. The molecule has 24 nitrogen and oxygen atoms in total. The number of rotatable bonds is 12. The van der Waals surface area contributed by atoms with E-state index < -0.39 is 39.3 Å². The van der Waals surface area contributed by atoms with Gasteiger partial charge in [-0.25, -0.2) is 24.0 Å². The Morgan fingerprint density at radius 3 is 1.08 bits per heavy atom. The maximum Gasteiger partial charge on any atom is 0.410 e. The summed E-state index contributed by atoms with van der Waals surface area (Å²) in [7, 11) is 5.70. The van der Waals surface area contributed by atoms with Crippen LogP contribution in [-0.4, -0.2) is 167 Å². The number of carbonyl (C=O) groups is 5. The normalized spacial score (nSPS) is 16.5. The first kappa shape index (κ1) is 86.3. The molecule has 4 aliphatic rings. The van der Waals surface area contributed by atoms with Gasteiger partial charge in [-0.2, -0.15) is 25.8 Å². The Morgan fingerprint density at radius 2 is 0.752 bits per heavy atom. The van der Waals surface area contributed by atoms with Crippen LogP contribution in [0.1, 0.15) is 162 Å². The van der Waals surface area contributed by atoms with Crippen LogP contribution in [0.4, 0.5) is 24.0 Å². The molecule has 0 atom stereocenters. The quantitative estimate of drug-likeness (QED) is 0.108. The van der Waals surface area contributed by atoms with Gasteiger partial charge < -0.3 is 54.3 Å². The van der Waals surface area contributed by atoms with Crippen LogP contribution in [0.25, 0.3) is 33.4 Å². The van der Waals surface area contributed by atoms with E-state index in [2.05, 4.69) is 81.3 Å². The Morgan fingerprint density at radius 1 is 0.434 bits per heavy atom. The highest BCUT2D eigenvalue weighted by Gasteiger charge is 2.43. The minimum Gasteiger partial charge on any atom is -0.445 e. The first-order valence-corrected chi connectivity index (χ1v) is 39.2. The molecule has 4 aliphatic heterocycles. The molecule has 7 heterocycles. The second-order valence-corrected chi connectivity index (χ2v) is 34.3. The van der Waals surface area contributed by atoms with Crippen molar-refractivity contribution in [2.75, 3.05) is 65.4 Å². The summed E-state index contributed by atoms with van der Waals surface area (Å²) < 4.78 is 32.8. The molecule has 0 unspecified atom stereocenters. The van der Waals surface area contributed by atoms with E-state index in [-0.39, 0.29) is 41.8 Å². The zero-order chi connectivity index (χ0) is 82.2. The van der Waals surface area contributed by atoms with E-state index >= 15 is 0 Å². The average Bonchev–Trinajstić information content (AvgIpc) is 1.51. The number of piperidine rings is 4. The first-order chi connectivity index (χ1) is 53.3. The largest absolute Gasteiger partial charge is 0.445 e. The molecule has 0 bridgehead atoms. The van der Waals surface area contributed by atoms with Crippen LogP contribution >= 0.6 is 11.6 Å². The predicted octanol–water partition coefficient (Wildman–Crippen LogP) is 16.6. The van der Waals surface area contributed by atoms with Crippen molar-refractivity contribution in [3.8, 4) is 45.5 Å². The highest BCUT2D eigenvalue weighted by atomic mass is 35.5. The number of aromatic nitrogens is 6. The predicted molar refractivity (Wildman–Crippen MR) is 437 cm³/mol. The zero-order valence-electron chi connectivity index (χ0n) is 68.4. The van der Waals surface area contributed by atoms with E-state index in [1.54, 1.807) is 39.7 Å². The Balaban J connectivity index is 0.000000176. The van der Waals surface area contributed by atoms with Crippen LogP contribution in [0.15, 0.2) is 165 Å². The number of halogens is 1. The lowest BCUT2D eigenvalue weighted by molar-refractivity contribution is 0.0154. The lowest BCUT2D eigenvalue weighted by Gasteiger charge is -2.42. The molecular formula is C88H113ClN14O10.